The van der Waals surface area contributed by atoms with Crippen molar-refractivity contribution in [2.45, 2.75) is 12.5 Å². The van der Waals surface area contributed by atoms with Crippen molar-refractivity contribution in [2.24, 2.45) is 0 Å². The third-order valence-corrected chi connectivity index (χ3v) is 3.90. The summed E-state index contributed by atoms with van der Waals surface area (Å²) in [6.45, 7) is 0.980. The quantitative estimate of drug-likeness (QED) is 0.894. The molecular formula is C18H16N2O5. The van der Waals surface area contributed by atoms with Gasteiger partial charge in [-0.2, -0.15) is 0 Å². The second kappa shape index (κ2) is 6.35. The summed E-state index contributed by atoms with van der Waals surface area (Å²) in [5.74, 6) is 1.13. The molecular weight excluding hydrogens is 324 g/mol. The topological polar surface area (TPSA) is 85.9 Å². The number of carbonyl (C=O) groups is 2. The van der Waals surface area contributed by atoms with Gasteiger partial charge in [-0.1, -0.05) is 12.1 Å². The van der Waals surface area contributed by atoms with Gasteiger partial charge in [-0.05, 0) is 24.3 Å². The van der Waals surface area contributed by atoms with Crippen molar-refractivity contribution in [1.82, 2.24) is 0 Å². The molecule has 25 heavy (non-hydrogen) atoms. The maximum Gasteiger partial charge on any atom is 0.266 e. The van der Waals surface area contributed by atoms with Crippen LogP contribution in [-0.4, -0.2) is 31.1 Å². The van der Waals surface area contributed by atoms with Gasteiger partial charge in [0.1, 0.15) is 19.0 Å². The molecule has 2 aromatic rings. The van der Waals surface area contributed by atoms with Gasteiger partial charge in [0.15, 0.2) is 17.6 Å². The van der Waals surface area contributed by atoms with E-state index in [1.54, 1.807) is 36.4 Å². The van der Waals surface area contributed by atoms with E-state index in [4.69, 9.17) is 14.2 Å². The van der Waals surface area contributed by atoms with Gasteiger partial charge >= 0.3 is 0 Å². The number of hydrogen-bond donors (Lipinski definition) is 2. The van der Waals surface area contributed by atoms with E-state index in [0.29, 0.717) is 41.8 Å². The first-order chi connectivity index (χ1) is 12.2. The molecule has 1 unspecified atom stereocenters. The average Bonchev–Trinajstić information content (AvgIpc) is 2.62. The Morgan fingerprint density at radius 3 is 2.76 bits per heavy atom. The molecule has 4 rings (SSSR count). The molecule has 0 bridgehead atoms. The fourth-order valence-corrected chi connectivity index (χ4v) is 2.73. The highest BCUT2D eigenvalue weighted by Gasteiger charge is 2.29. The van der Waals surface area contributed by atoms with Crippen LogP contribution >= 0.6 is 0 Å². The van der Waals surface area contributed by atoms with E-state index in [1.165, 1.54) is 0 Å². The van der Waals surface area contributed by atoms with Gasteiger partial charge in [-0.3, -0.25) is 9.59 Å². The van der Waals surface area contributed by atoms with Crippen molar-refractivity contribution in [3.8, 4) is 17.2 Å². The summed E-state index contributed by atoms with van der Waals surface area (Å²) < 4.78 is 16.6. The Morgan fingerprint density at radius 1 is 1.08 bits per heavy atom. The summed E-state index contributed by atoms with van der Waals surface area (Å²) in [5.41, 5.74) is 1.18. The van der Waals surface area contributed by atoms with Crippen molar-refractivity contribution >= 4 is 23.2 Å². The summed E-state index contributed by atoms with van der Waals surface area (Å²) in [7, 11) is 0. The Kier molecular flexibility index (Phi) is 3.89. The second-order valence-electron chi connectivity index (χ2n) is 5.70. The van der Waals surface area contributed by atoms with Crippen LogP contribution < -0.4 is 24.8 Å². The zero-order valence-electron chi connectivity index (χ0n) is 13.3. The molecule has 2 N–H and O–H groups in total. The highest BCUT2D eigenvalue weighted by atomic mass is 16.6. The van der Waals surface area contributed by atoms with Gasteiger partial charge in [-0.15, -0.1) is 0 Å². The minimum Gasteiger partial charge on any atom is -0.486 e. The van der Waals surface area contributed by atoms with Crippen LogP contribution in [-0.2, 0) is 9.59 Å². The number of nitrogens with one attached hydrogen (secondary N) is 2. The number of ether oxygens (including phenoxy) is 3. The Balaban J connectivity index is 1.42. The average molecular weight is 340 g/mol. The highest BCUT2D eigenvalue weighted by Crippen LogP contribution is 2.33. The number of anilines is 2. The first-order valence-corrected chi connectivity index (χ1v) is 7.95. The van der Waals surface area contributed by atoms with Crippen molar-refractivity contribution < 1.29 is 23.8 Å². The molecule has 2 aromatic carbocycles. The molecule has 2 heterocycles. The minimum atomic E-state index is -0.868. The van der Waals surface area contributed by atoms with Gasteiger partial charge in [0, 0.05) is 11.8 Å². The molecule has 0 aliphatic carbocycles. The third-order valence-electron chi connectivity index (χ3n) is 3.90. The zero-order chi connectivity index (χ0) is 17.2. The van der Waals surface area contributed by atoms with Crippen LogP contribution in [0.4, 0.5) is 11.4 Å². The molecule has 2 aliphatic rings. The van der Waals surface area contributed by atoms with E-state index in [2.05, 4.69) is 10.6 Å². The van der Waals surface area contributed by atoms with Crippen molar-refractivity contribution in [1.29, 1.82) is 0 Å². The van der Waals surface area contributed by atoms with Crippen molar-refractivity contribution in [3.63, 3.8) is 0 Å². The number of carbonyl (C=O) groups excluding carboxylic acids is 2. The van der Waals surface area contributed by atoms with E-state index in [9.17, 15) is 9.59 Å². The molecule has 0 fully saturated rings. The number of amides is 2. The molecule has 0 radical (unpaired) electrons. The largest absolute Gasteiger partial charge is 0.486 e. The molecule has 1 atom stereocenters. The lowest BCUT2D eigenvalue weighted by atomic mass is 10.1. The second-order valence-corrected chi connectivity index (χ2v) is 5.70. The lowest BCUT2D eigenvalue weighted by molar-refractivity contribution is -0.128. The zero-order valence-corrected chi connectivity index (χ0v) is 13.3. The van der Waals surface area contributed by atoms with Crippen LogP contribution in [0, 0.1) is 0 Å². The third kappa shape index (κ3) is 3.21. The van der Waals surface area contributed by atoms with Gasteiger partial charge in [0.2, 0.25) is 5.91 Å². The summed E-state index contributed by atoms with van der Waals surface area (Å²) in [6, 6.07) is 12.3. The molecule has 0 spiro atoms. The summed E-state index contributed by atoms with van der Waals surface area (Å²) in [4.78, 5) is 24.3. The lowest BCUT2D eigenvalue weighted by Crippen LogP contribution is -2.39. The predicted octanol–water partition coefficient (Wildman–Crippen LogP) is 2.19. The Bertz CT molecular complexity index is 836. The molecule has 0 saturated heterocycles. The van der Waals surface area contributed by atoms with Crippen LogP contribution in [0.5, 0.6) is 17.2 Å². The fourth-order valence-electron chi connectivity index (χ4n) is 2.73. The van der Waals surface area contributed by atoms with Crippen LogP contribution in [0.3, 0.4) is 0 Å². The highest BCUT2D eigenvalue weighted by molar-refractivity contribution is 6.02. The SMILES string of the molecule is O=C(CC1Oc2ccccc2NC1=O)Nc1ccc2c(c1)OCCO2. The molecule has 2 amide bonds. The monoisotopic (exact) mass is 340 g/mol. The number of rotatable bonds is 3. The first kappa shape index (κ1) is 15.3. The number of para-hydroxylation sites is 2. The molecule has 0 saturated carbocycles. The minimum absolute atomic E-state index is 0.0887. The van der Waals surface area contributed by atoms with E-state index in [0.717, 1.165) is 0 Å². The Labute approximate surface area is 143 Å². The molecule has 2 aliphatic heterocycles. The Morgan fingerprint density at radius 2 is 1.88 bits per heavy atom. The number of benzene rings is 2. The normalized spacial score (nSPS) is 17.8. The first-order valence-electron chi connectivity index (χ1n) is 7.95. The van der Waals surface area contributed by atoms with Crippen LogP contribution in [0.2, 0.25) is 0 Å². The van der Waals surface area contributed by atoms with Gasteiger partial charge < -0.3 is 24.8 Å². The molecule has 7 heteroatoms. The van der Waals surface area contributed by atoms with E-state index < -0.39 is 6.10 Å². The summed E-state index contributed by atoms with van der Waals surface area (Å²) >= 11 is 0. The van der Waals surface area contributed by atoms with E-state index in [-0.39, 0.29) is 18.2 Å². The standard InChI is InChI=1S/C18H16N2O5/c21-17(19-11-5-6-14-15(9-11)24-8-7-23-14)10-16-18(22)20-12-3-1-2-4-13(12)25-16/h1-6,9,16H,7-8,10H2,(H,19,21)(H,20,22). The van der Waals surface area contributed by atoms with Gasteiger partial charge in [0.05, 0.1) is 12.1 Å². The summed E-state index contributed by atoms with van der Waals surface area (Å²) in [5, 5.41) is 5.49. The van der Waals surface area contributed by atoms with E-state index >= 15 is 0 Å². The van der Waals surface area contributed by atoms with Crippen molar-refractivity contribution in [3.05, 3.63) is 42.5 Å². The number of hydrogen-bond acceptors (Lipinski definition) is 5. The van der Waals surface area contributed by atoms with Crippen LogP contribution in [0.1, 0.15) is 6.42 Å². The van der Waals surface area contributed by atoms with E-state index in [1.807, 2.05) is 6.07 Å². The maximum absolute atomic E-state index is 12.3. The maximum atomic E-state index is 12.3. The fraction of sp³-hybridized carbons (Fsp3) is 0.222. The van der Waals surface area contributed by atoms with Crippen molar-refractivity contribution in [2.75, 3.05) is 23.8 Å². The lowest BCUT2D eigenvalue weighted by Gasteiger charge is -2.25. The summed E-state index contributed by atoms with van der Waals surface area (Å²) in [6.07, 6.45) is -0.957. The molecule has 7 nitrogen and oxygen atoms in total. The molecule has 0 aromatic heterocycles. The smallest absolute Gasteiger partial charge is 0.266 e. The Hall–Kier alpha value is -3.22. The van der Waals surface area contributed by atoms with Gasteiger partial charge in [0.25, 0.3) is 5.91 Å². The molecule has 128 valence electrons. The van der Waals surface area contributed by atoms with Crippen LogP contribution in [0.15, 0.2) is 42.5 Å². The number of fused-ring (bicyclic) bond motifs is 2. The van der Waals surface area contributed by atoms with Crippen LogP contribution in [0.25, 0.3) is 0 Å². The predicted molar refractivity (Wildman–Crippen MR) is 90.2 cm³/mol. The van der Waals surface area contributed by atoms with Gasteiger partial charge in [-0.25, -0.2) is 0 Å².